The average molecular weight is 255 g/mol. The summed E-state index contributed by atoms with van der Waals surface area (Å²) in [5, 5.41) is 0. The quantitative estimate of drug-likeness (QED) is 0.541. The Bertz CT molecular complexity index is 270. The minimum atomic E-state index is -0.0980. The molecule has 4 nitrogen and oxygen atoms in total. The Balaban J connectivity index is 2.04. The van der Waals surface area contributed by atoms with Crippen LogP contribution in [0.15, 0.2) is 0 Å². The van der Waals surface area contributed by atoms with E-state index in [1.165, 1.54) is 19.3 Å². The topological polar surface area (TPSA) is 46.6 Å². The van der Waals surface area contributed by atoms with Crippen molar-refractivity contribution < 1.29 is 14.3 Å². The van der Waals surface area contributed by atoms with Crippen LogP contribution in [0.2, 0.25) is 0 Å². The first kappa shape index (κ1) is 15.0. The van der Waals surface area contributed by atoms with Crippen molar-refractivity contribution in [3.63, 3.8) is 0 Å². The highest BCUT2D eigenvalue weighted by atomic mass is 16.5. The summed E-state index contributed by atoms with van der Waals surface area (Å²) in [6.07, 6.45) is 8.26. The number of carbonyl (C=O) groups is 2. The van der Waals surface area contributed by atoms with Crippen molar-refractivity contribution in [1.82, 2.24) is 4.90 Å². The fraction of sp³-hybridized carbons (Fsp3) is 0.857. The van der Waals surface area contributed by atoms with Gasteiger partial charge in [0.2, 0.25) is 5.91 Å². The molecule has 0 radical (unpaired) electrons. The first-order valence-corrected chi connectivity index (χ1v) is 6.99. The van der Waals surface area contributed by atoms with Gasteiger partial charge >= 0.3 is 5.97 Å². The molecule has 1 amide bonds. The highest BCUT2D eigenvalue weighted by Gasteiger charge is 2.17. The molecule has 0 heterocycles. The van der Waals surface area contributed by atoms with Crippen LogP contribution in [-0.2, 0) is 14.3 Å². The van der Waals surface area contributed by atoms with Crippen LogP contribution in [0.1, 0.15) is 57.8 Å². The second-order valence-corrected chi connectivity index (χ2v) is 5.25. The van der Waals surface area contributed by atoms with Gasteiger partial charge in [0.05, 0.1) is 0 Å². The van der Waals surface area contributed by atoms with E-state index in [4.69, 9.17) is 4.74 Å². The average Bonchev–Trinajstić information content (AvgIpc) is 2.35. The summed E-state index contributed by atoms with van der Waals surface area (Å²) in [6, 6.07) is 0. The van der Waals surface area contributed by atoms with Crippen LogP contribution in [0.5, 0.6) is 0 Å². The lowest BCUT2D eigenvalue weighted by Crippen LogP contribution is -2.22. The molecule has 1 rings (SSSR count). The van der Waals surface area contributed by atoms with Crippen LogP contribution in [0, 0.1) is 0 Å². The second kappa shape index (κ2) is 8.11. The van der Waals surface area contributed by atoms with Gasteiger partial charge in [0.1, 0.15) is 6.10 Å². The zero-order chi connectivity index (χ0) is 13.4. The number of nitrogens with zero attached hydrogens (tertiary/aromatic N) is 1. The number of esters is 1. The lowest BCUT2D eigenvalue weighted by Gasteiger charge is -2.21. The van der Waals surface area contributed by atoms with E-state index in [1.54, 1.807) is 19.0 Å². The fourth-order valence-corrected chi connectivity index (χ4v) is 2.20. The molecule has 0 aromatic carbocycles. The molecule has 0 unspecified atom stereocenters. The molecule has 0 N–H and O–H groups in total. The van der Waals surface area contributed by atoms with Gasteiger partial charge in [0.15, 0.2) is 0 Å². The van der Waals surface area contributed by atoms with Crippen molar-refractivity contribution in [2.75, 3.05) is 14.1 Å². The van der Waals surface area contributed by atoms with Crippen molar-refractivity contribution in [2.45, 2.75) is 63.9 Å². The molecular weight excluding hydrogens is 230 g/mol. The van der Waals surface area contributed by atoms with Gasteiger partial charge in [-0.25, -0.2) is 0 Å². The van der Waals surface area contributed by atoms with Gasteiger partial charge in [-0.1, -0.05) is 6.42 Å². The Morgan fingerprint density at radius 1 is 1.06 bits per heavy atom. The Hall–Kier alpha value is -1.06. The minimum Gasteiger partial charge on any atom is -0.462 e. The normalized spacial score (nSPS) is 16.3. The number of hydrogen-bond donors (Lipinski definition) is 0. The van der Waals surface area contributed by atoms with Crippen molar-refractivity contribution >= 4 is 11.9 Å². The highest BCUT2D eigenvalue weighted by molar-refractivity contribution is 5.75. The maximum Gasteiger partial charge on any atom is 0.306 e. The standard InChI is InChI=1S/C14H25NO3/c1-15(2)13(16)10-6-7-11-14(17)18-12-8-4-3-5-9-12/h12H,3-11H2,1-2H3. The maximum absolute atomic E-state index is 11.6. The van der Waals surface area contributed by atoms with Gasteiger partial charge < -0.3 is 9.64 Å². The van der Waals surface area contributed by atoms with E-state index in [0.29, 0.717) is 12.8 Å². The van der Waals surface area contributed by atoms with Crippen LogP contribution in [-0.4, -0.2) is 37.0 Å². The number of amides is 1. The van der Waals surface area contributed by atoms with Gasteiger partial charge in [0.25, 0.3) is 0 Å². The Morgan fingerprint density at radius 3 is 2.28 bits per heavy atom. The lowest BCUT2D eigenvalue weighted by atomic mass is 9.98. The molecule has 4 heteroatoms. The molecule has 18 heavy (non-hydrogen) atoms. The zero-order valence-electron chi connectivity index (χ0n) is 11.6. The first-order valence-electron chi connectivity index (χ1n) is 6.99. The molecule has 0 atom stereocenters. The van der Waals surface area contributed by atoms with Crippen molar-refractivity contribution in [3.8, 4) is 0 Å². The molecule has 104 valence electrons. The van der Waals surface area contributed by atoms with E-state index in [0.717, 1.165) is 25.7 Å². The second-order valence-electron chi connectivity index (χ2n) is 5.25. The van der Waals surface area contributed by atoms with Crippen LogP contribution in [0.3, 0.4) is 0 Å². The predicted octanol–water partition coefficient (Wildman–Crippen LogP) is 2.51. The molecule has 1 aliphatic rings. The van der Waals surface area contributed by atoms with E-state index >= 15 is 0 Å². The summed E-state index contributed by atoms with van der Waals surface area (Å²) >= 11 is 0. The lowest BCUT2D eigenvalue weighted by molar-refractivity contribution is -0.150. The third-order valence-electron chi connectivity index (χ3n) is 3.37. The molecule has 1 saturated carbocycles. The molecule has 0 aromatic rings. The summed E-state index contributed by atoms with van der Waals surface area (Å²) in [5.41, 5.74) is 0. The number of hydrogen-bond acceptors (Lipinski definition) is 3. The zero-order valence-corrected chi connectivity index (χ0v) is 11.6. The minimum absolute atomic E-state index is 0.0980. The van der Waals surface area contributed by atoms with Gasteiger partial charge in [-0.3, -0.25) is 9.59 Å². The summed E-state index contributed by atoms with van der Waals surface area (Å²) < 4.78 is 5.41. The number of rotatable bonds is 6. The third-order valence-corrected chi connectivity index (χ3v) is 3.37. The Labute approximate surface area is 110 Å². The van der Waals surface area contributed by atoms with Crippen LogP contribution in [0.25, 0.3) is 0 Å². The summed E-state index contributed by atoms with van der Waals surface area (Å²) in [7, 11) is 3.50. The smallest absolute Gasteiger partial charge is 0.306 e. The van der Waals surface area contributed by atoms with Crippen LogP contribution >= 0.6 is 0 Å². The number of ether oxygens (including phenoxy) is 1. The molecule has 0 spiro atoms. The summed E-state index contributed by atoms with van der Waals surface area (Å²) in [5.74, 6) is 0.0230. The predicted molar refractivity (Wildman–Crippen MR) is 70.1 cm³/mol. The van der Waals surface area contributed by atoms with E-state index in [9.17, 15) is 9.59 Å². The molecule has 0 aromatic heterocycles. The van der Waals surface area contributed by atoms with Gasteiger partial charge in [-0.2, -0.15) is 0 Å². The van der Waals surface area contributed by atoms with E-state index in [-0.39, 0.29) is 18.0 Å². The van der Waals surface area contributed by atoms with Crippen LogP contribution in [0.4, 0.5) is 0 Å². The largest absolute Gasteiger partial charge is 0.462 e. The van der Waals surface area contributed by atoms with Gasteiger partial charge in [0, 0.05) is 26.9 Å². The number of carbonyl (C=O) groups excluding carboxylic acids is 2. The number of unbranched alkanes of at least 4 members (excludes halogenated alkanes) is 1. The van der Waals surface area contributed by atoms with E-state index < -0.39 is 0 Å². The molecule has 0 saturated heterocycles. The van der Waals surface area contributed by atoms with E-state index in [2.05, 4.69) is 0 Å². The highest BCUT2D eigenvalue weighted by Crippen LogP contribution is 2.20. The monoisotopic (exact) mass is 255 g/mol. The van der Waals surface area contributed by atoms with Crippen molar-refractivity contribution in [2.24, 2.45) is 0 Å². The molecule has 1 fully saturated rings. The first-order chi connectivity index (χ1) is 8.59. The fourth-order valence-electron chi connectivity index (χ4n) is 2.20. The Morgan fingerprint density at radius 2 is 1.67 bits per heavy atom. The maximum atomic E-state index is 11.6. The van der Waals surface area contributed by atoms with Gasteiger partial charge in [-0.05, 0) is 38.5 Å². The van der Waals surface area contributed by atoms with Crippen molar-refractivity contribution in [1.29, 1.82) is 0 Å². The summed E-state index contributed by atoms with van der Waals surface area (Å²) in [6.45, 7) is 0. The van der Waals surface area contributed by atoms with Crippen molar-refractivity contribution in [3.05, 3.63) is 0 Å². The van der Waals surface area contributed by atoms with Gasteiger partial charge in [-0.15, -0.1) is 0 Å². The Kier molecular flexibility index (Phi) is 6.76. The van der Waals surface area contributed by atoms with Crippen LogP contribution < -0.4 is 0 Å². The molecular formula is C14H25NO3. The molecule has 0 bridgehead atoms. The third kappa shape index (κ3) is 6.03. The van der Waals surface area contributed by atoms with E-state index in [1.807, 2.05) is 0 Å². The SMILES string of the molecule is CN(C)C(=O)CCCCC(=O)OC1CCCCC1. The molecule has 1 aliphatic carbocycles. The summed E-state index contributed by atoms with van der Waals surface area (Å²) in [4.78, 5) is 24.5. The molecule has 0 aliphatic heterocycles.